The highest BCUT2D eigenvalue weighted by Gasteiger charge is 2.16. The minimum absolute atomic E-state index is 0.0380. The fraction of sp³-hybridized carbons (Fsp3) is 0.250. The second kappa shape index (κ2) is 4.95. The van der Waals surface area contributed by atoms with E-state index in [1.165, 1.54) is 18.3 Å². The predicted octanol–water partition coefficient (Wildman–Crippen LogP) is 2.19. The highest BCUT2D eigenvalue weighted by Crippen LogP contribution is 2.24. The zero-order chi connectivity index (χ0) is 13.1. The highest BCUT2D eigenvalue weighted by atomic mass is 19.1. The number of carboxylic acids is 1. The van der Waals surface area contributed by atoms with Crippen molar-refractivity contribution in [2.24, 2.45) is 0 Å². The molecule has 0 bridgehead atoms. The molecule has 0 atom stereocenters. The average molecular weight is 249 g/mol. The van der Waals surface area contributed by atoms with E-state index in [2.05, 4.69) is 10.3 Å². The number of halogens is 1. The van der Waals surface area contributed by atoms with Crippen molar-refractivity contribution in [2.45, 2.75) is 19.9 Å². The Bertz CT molecular complexity index is 580. The highest BCUT2D eigenvalue weighted by molar-refractivity contribution is 5.95. The largest absolute Gasteiger partial charge is 0.478 e. The molecule has 94 valence electrons. The molecule has 0 unspecified atom stereocenters. The number of benzene rings is 1. The summed E-state index contributed by atoms with van der Waals surface area (Å²) in [6.07, 6.45) is 2.27. The molecule has 0 spiro atoms. The minimum Gasteiger partial charge on any atom is -0.478 e. The van der Waals surface area contributed by atoms with Crippen LogP contribution in [0.3, 0.4) is 0 Å². The van der Waals surface area contributed by atoms with Crippen molar-refractivity contribution in [1.82, 2.24) is 15.0 Å². The topological polar surface area (TPSA) is 68.0 Å². The van der Waals surface area contributed by atoms with Gasteiger partial charge >= 0.3 is 5.97 Å². The molecule has 0 saturated carbocycles. The van der Waals surface area contributed by atoms with Crippen LogP contribution in [0.2, 0.25) is 0 Å². The number of carbonyl (C=O) groups is 1. The lowest BCUT2D eigenvalue weighted by Gasteiger charge is -2.08. The molecule has 0 amide bonds. The standard InChI is InChI=1S/C12H12FN3O2/c1-2-5-16-11(7-14-15-16)10-6-8(13)3-4-9(10)12(17)18/h3-4,6-7H,2,5H2,1H3,(H,17,18). The summed E-state index contributed by atoms with van der Waals surface area (Å²) < 4.78 is 14.8. The lowest BCUT2D eigenvalue weighted by molar-refractivity contribution is 0.0697. The second-order valence-corrected chi connectivity index (χ2v) is 3.84. The first kappa shape index (κ1) is 12.2. The lowest BCUT2D eigenvalue weighted by atomic mass is 10.0. The maximum atomic E-state index is 13.3. The van der Waals surface area contributed by atoms with Gasteiger partial charge in [-0.15, -0.1) is 5.10 Å². The van der Waals surface area contributed by atoms with Gasteiger partial charge in [0.15, 0.2) is 0 Å². The van der Waals surface area contributed by atoms with E-state index in [4.69, 9.17) is 5.11 Å². The third-order valence-electron chi connectivity index (χ3n) is 2.54. The van der Waals surface area contributed by atoms with Crippen molar-refractivity contribution in [2.75, 3.05) is 0 Å². The lowest BCUT2D eigenvalue weighted by Crippen LogP contribution is -2.06. The summed E-state index contributed by atoms with van der Waals surface area (Å²) in [7, 11) is 0. The maximum absolute atomic E-state index is 13.3. The van der Waals surface area contributed by atoms with Crippen LogP contribution in [0, 0.1) is 5.82 Å². The second-order valence-electron chi connectivity index (χ2n) is 3.84. The number of aryl methyl sites for hydroxylation is 1. The van der Waals surface area contributed by atoms with Gasteiger partial charge in [-0.1, -0.05) is 12.1 Å². The Balaban J connectivity index is 2.58. The smallest absolute Gasteiger partial charge is 0.336 e. The quantitative estimate of drug-likeness (QED) is 0.901. The number of hydrogen-bond donors (Lipinski definition) is 1. The average Bonchev–Trinajstić information content (AvgIpc) is 2.77. The Morgan fingerprint density at radius 2 is 2.28 bits per heavy atom. The number of nitrogens with zero attached hydrogens (tertiary/aromatic N) is 3. The first-order valence-electron chi connectivity index (χ1n) is 5.55. The van der Waals surface area contributed by atoms with Gasteiger partial charge < -0.3 is 5.11 Å². The molecule has 0 fully saturated rings. The summed E-state index contributed by atoms with van der Waals surface area (Å²) in [6, 6.07) is 3.56. The van der Waals surface area contributed by atoms with E-state index in [0.29, 0.717) is 17.8 Å². The molecular weight excluding hydrogens is 237 g/mol. The maximum Gasteiger partial charge on any atom is 0.336 e. The van der Waals surface area contributed by atoms with Crippen molar-refractivity contribution < 1.29 is 14.3 Å². The van der Waals surface area contributed by atoms with Gasteiger partial charge in [0.25, 0.3) is 0 Å². The molecule has 0 saturated heterocycles. The normalized spacial score (nSPS) is 10.6. The summed E-state index contributed by atoms with van der Waals surface area (Å²) >= 11 is 0. The Kier molecular flexibility index (Phi) is 3.36. The van der Waals surface area contributed by atoms with Crippen molar-refractivity contribution in [3.63, 3.8) is 0 Å². The fourth-order valence-electron chi connectivity index (χ4n) is 1.76. The van der Waals surface area contributed by atoms with Crippen LogP contribution in [0.4, 0.5) is 4.39 Å². The molecule has 1 aromatic carbocycles. The molecule has 0 aliphatic rings. The summed E-state index contributed by atoms with van der Waals surface area (Å²) in [4.78, 5) is 11.1. The Hall–Kier alpha value is -2.24. The van der Waals surface area contributed by atoms with E-state index in [-0.39, 0.29) is 5.56 Å². The molecule has 1 heterocycles. The monoisotopic (exact) mass is 249 g/mol. The van der Waals surface area contributed by atoms with E-state index in [0.717, 1.165) is 12.5 Å². The summed E-state index contributed by atoms with van der Waals surface area (Å²) in [5, 5.41) is 16.7. The minimum atomic E-state index is -1.10. The van der Waals surface area contributed by atoms with Gasteiger partial charge in [0.2, 0.25) is 0 Å². The van der Waals surface area contributed by atoms with Crippen LogP contribution >= 0.6 is 0 Å². The Morgan fingerprint density at radius 1 is 1.50 bits per heavy atom. The van der Waals surface area contributed by atoms with Crippen molar-refractivity contribution in [1.29, 1.82) is 0 Å². The van der Waals surface area contributed by atoms with Crippen molar-refractivity contribution in [3.8, 4) is 11.3 Å². The predicted molar refractivity (Wildman–Crippen MR) is 62.7 cm³/mol. The zero-order valence-corrected chi connectivity index (χ0v) is 9.80. The summed E-state index contributed by atoms with van der Waals surface area (Å²) in [6.45, 7) is 2.57. The van der Waals surface area contributed by atoms with Gasteiger partial charge in [0, 0.05) is 12.1 Å². The van der Waals surface area contributed by atoms with Crippen LogP contribution in [0.15, 0.2) is 24.4 Å². The SMILES string of the molecule is CCCn1nncc1-c1cc(F)ccc1C(=O)O. The number of rotatable bonds is 4. The van der Waals surface area contributed by atoms with E-state index in [1.54, 1.807) is 4.68 Å². The van der Waals surface area contributed by atoms with Crippen LogP contribution < -0.4 is 0 Å². The molecule has 2 aromatic rings. The fourth-order valence-corrected chi connectivity index (χ4v) is 1.76. The van der Waals surface area contributed by atoms with Crippen LogP contribution in [-0.4, -0.2) is 26.1 Å². The molecular formula is C12H12FN3O2. The van der Waals surface area contributed by atoms with Crippen LogP contribution in [0.5, 0.6) is 0 Å². The number of aromatic nitrogens is 3. The number of aromatic carboxylic acids is 1. The third kappa shape index (κ3) is 2.22. The molecule has 5 nitrogen and oxygen atoms in total. The van der Waals surface area contributed by atoms with E-state index < -0.39 is 11.8 Å². The van der Waals surface area contributed by atoms with Crippen molar-refractivity contribution >= 4 is 5.97 Å². The molecule has 0 aliphatic carbocycles. The van der Waals surface area contributed by atoms with E-state index in [1.807, 2.05) is 6.92 Å². The number of hydrogen-bond acceptors (Lipinski definition) is 3. The third-order valence-corrected chi connectivity index (χ3v) is 2.54. The molecule has 6 heteroatoms. The summed E-state index contributed by atoms with van der Waals surface area (Å²) in [5.41, 5.74) is 0.839. The summed E-state index contributed by atoms with van der Waals surface area (Å²) in [5.74, 6) is -1.59. The first-order valence-corrected chi connectivity index (χ1v) is 5.55. The van der Waals surface area contributed by atoms with Gasteiger partial charge in [0.1, 0.15) is 5.82 Å². The van der Waals surface area contributed by atoms with E-state index >= 15 is 0 Å². The molecule has 1 N–H and O–H groups in total. The Labute approximate surface area is 103 Å². The Morgan fingerprint density at radius 3 is 2.94 bits per heavy atom. The van der Waals surface area contributed by atoms with Gasteiger partial charge in [-0.05, 0) is 24.6 Å². The molecule has 0 aliphatic heterocycles. The van der Waals surface area contributed by atoms with Gasteiger partial charge in [-0.25, -0.2) is 13.9 Å². The van der Waals surface area contributed by atoms with Gasteiger partial charge in [0.05, 0.1) is 17.5 Å². The zero-order valence-electron chi connectivity index (χ0n) is 9.80. The van der Waals surface area contributed by atoms with Crippen LogP contribution in [0.25, 0.3) is 11.3 Å². The molecule has 18 heavy (non-hydrogen) atoms. The first-order chi connectivity index (χ1) is 8.63. The van der Waals surface area contributed by atoms with Crippen molar-refractivity contribution in [3.05, 3.63) is 35.8 Å². The van der Waals surface area contributed by atoms with Gasteiger partial charge in [-0.3, -0.25) is 0 Å². The molecule has 0 radical (unpaired) electrons. The van der Waals surface area contributed by atoms with Gasteiger partial charge in [-0.2, -0.15) is 0 Å². The van der Waals surface area contributed by atoms with Crippen LogP contribution in [0.1, 0.15) is 23.7 Å². The molecule has 1 aromatic heterocycles. The molecule has 2 rings (SSSR count). The van der Waals surface area contributed by atoms with E-state index in [9.17, 15) is 9.18 Å². The van der Waals surface area contributed by atoms with Crippen LogP contribution in [-0.2, 0) is 6.54 Å². The number of carboxylic acid groups (broad SMARTS) is 1.